The summed E-state index contributed by atoms with van der Waals surface area (Å²) in [6.07, 6.45) is -4.00. The second kappa shape index (κ2) is 5.31. The lowest BCUT2D eigenvalue weighted by Crippen LogP contribution is -2.22. The average Bonchev–Trinajstić information content (AvgIpc) is 2.39. The van der Waals surface area contributed by atoms with Crippen LogP contribution in [0.1, 0.15) is 30.5 Å². The van der Waals surface area contributed by atoms with Crippen LogP contribution in [0, 0.1) is 6.07 Å². The highest BCUT2D eigenvalue weighted by Crippen LogP contribution is 2.35. The standard InChI is InChI=1S/C17H16F3/c1-16(2,14-9-4-3-5-10-14)12-13-8-6-7-11-15(13)17(18,19)20/h3-6,8-11H,12H2,1-2H3. The van der Waals surface area contributed by atoms with Crippen molar-refractivity contribution in [3.8, 4) is 0 Å². The zero-order valence-electron chi connectivity index (χ0n) is 11.5. The van der Waals surface area contributed by atoms with Gasteiger partial charge < -0.3 is 0 Å². The third-order valence-electron chi connectivity index (χ3n) is 3.45. The number of hydrogen-bond acceptors (Lipinski definition) is 0. The lowest BCUT2D eigenvalue weighted by atomic mass is 9.78. The molecular weight excluding hydrogens is 261 g/mol. The minimum atomic E-state index is -4.33. The van der Waals surface area contributed by atoms with Crippen molar-refractivity contribution in [2.45, 2.75) is 31.9 Å². The minimum absolute atomic E-state index is 0.310. The van der Waals surface area contributed by atoms with Gasteiger partial charge >= 0.3 is 6.18 Å². The van der Waals surface area contributed by atoms with E-state index in [0.29, 0.717) is 12.0 Å². The van der Waals surface area contributed by atoms with Crippen molar-refractivity contribution in [3.63, 3.8) is 0 Å². The van der Waals surface area contributed by atoms with Gasteiger partial charge in [-0.3, -0.25) is 0 Å². The van der Waals surface area contributed by atoms with E-state index in [1.165, 1.54) is 12.1 Å². The van der Waals surface area contributed by atoms with Gasteiger partial charge in [0.2, 0.25) is 0 Å². The Morgan fingerprint density at radius 2 is 1.65 bits per heavy atom. The van der Waals surface area contributed by atoms with Crippen LogP contribution in [0.2, 0.25) is 0 Å². The van der Waals surface area contributed by atoms with E-state index in [1.54, 1.807) is 0 Å². The summed E-state index contributed by atoms with van der Waals surface area (Å²) in [7, 11) is 0. The van der Waals surface area contributed by atoms with E-state index in [-0.39, 0.29) is 5.41 Å². The molecule has 0 amide bonds. The fourth-order valence-electron chi connectivity index (χ4n) is 2.35. The number of rotatable bonds is 3. The summed E-state index contributed by atoms with van der Waals surface area (Å²) in [5.41, 5.74) is 0.387. The van der Waals surface area contributed by atoms with Crippen molar-refractivity contribution in [1.82, 2.24) is 0 Å². The molecule has 0 bridgehead atoms. The van der Waals surface area contributed by atoms with E-state index in [0.717, 1.165) is 11.6 Å². The zero-order chi connectivity index (χ0) is 14.8. The van der Waals surface area contributed by atoms with Crippen molar-refractivity contribution in [1.29, 1.82) is 0 Å². The van der Waals surface area contributed by atoms with E-state index in [2.05, 4.69) is 6.07 Å². The van der Waals surface area contributed by atoms with Crippen molar-refractivity contribution in [3.05, 3.63) is 71.3 Å². The predicted octanol–water partition coefficient (Wildman–Crippen LogP) is 5.03. The molecule has 0 atom stereocenters. The van der Waals surface area contributed by atoms with Crippen molar-refractivity contribution in [2.24, 2.45) is 0 Å². The second-order valence-corrected chi connectivity index (χ2v) is 5.51. The topological polar surface area (TPSA) is 0 Å². The Morgan fingerprint density at radius 3 is 2.25 bits per heavy atom. The maximum absolute atomic E-state index is 13.0. The van der Waals surface area contributed by atoms with Crippen molar-refractivity contribution >= 4 is 0 Å². The third kappa shape index (κ3) is 3.21. The molecule has 0 fully saturated rings. The van der Waals surface area contributed by atoms with E-state index in [9.17, 15) is 13.2 Å². The quantitative estimate of drug-likeness (QED) is 0.738. The van der Waals surface area contributed by atoms with Crippen molar-refractivity contribution in [2.75, 3.05) is 0 Å². The Morgan fingerprint density at radius 1 is 1.00 bits per heavy atom. The Kier molecular flexibility index (Phi) is 3.89. The fraction of sp³-hybridized carbons (Fsp3) is 0.294. The molecule has 0 N–H and O–H groups in total. The maximum atomic E-state index is 13.0. The predicted molar refractivity (Wildman–Crippen MR) is 73.5 cm³/mol. The molecule has 1 radical (unpaired) electrons. The molecule has 0 heterocycles. The summed E-state index contributed by atoms with van der Waals surface area (Å²) >= 11 is 0. The van der Waals surface area contributed by atoms with Crippen LogP contribution in [0.25, 0.3) is 0 Å². The van der Waals surface area contributed by atoms with Crippen LogP contribution in [0.3, 0.4) is 0 Å². The highest BCUT2D eigenvalue weighted by Gasteiger charge is 2.34. The Bertz CT molecular complexity index is 568. The van der Waals surface area contributed by atoms with Gasteiger partial charge in [0.15, 0.2) is 0 Å². The van der Waals surface area contributed by atoms with Crippen LogP contribution >= 0.6 is 0 Å². The Balaban J connectivity index is 2.35. The van der Waals surface area contributed by atoms with Gasteiger partial charge in [0.25, 0.3) is 0 Å². The molecular formula is C17H16F3. The van der Waals surface area contributed by atoms with Crippen LogP contribution in [-0.2, 0) is 18.0 Å². The molecule has 0 aliphatic heterocycles. The van der Waals surface area contributed by atoms with Gasteiger partial charge in [-0.15, -0.1) is 0 Å². The molecule has 0 aromatic heterocycles. The monoisotopic (exact) mass is 277 g/mol. The third-order valence-corrected chi connectivity index (χ3v) is 3.45. The number of benzene rings is 2. The van der Waals surface area contributed by atoms with E-state index in [1.807, 2.05) is 44.2 Å². The lowest BCUT2D eigenvalue weighted by molar-refractivity contribution is -0.138. The first-order chi connectivity index (χ1) is 9.31. The summed E-state index contributed by atoms with van der Waals surface area (Å²) in [5, 5.41) is 0. The maximum Gasteiger partial charge on any atom is 0.416 e. The summed E-state index contributed by atoms with van der Waals surface area (Å²) < 4.78 is 39.0. The van der Waals surface area contributed by atoms with Gasteiger partial charge in [-0.1, -0.05) is 56.3 Å². The molecule has 0 spiro atoms. The second-order valence-electron chi connectivity index (χ2n) is 5.51. The van der Waals surface area contributed by atoms with Crippen molar-refractivity contribution < 1.29 is 13.2 Å². The average molecular weight is 277 g/mol. The molecule has 0 aliphatic carbocycles. The lowest BCUT2D eigenvalue weighted by Gasteiger charge is -2.27. The first-order valence-electron chi connectivity index (χ1n) is 6.42. The normalized spacial score (nSPS) is 12.4. The van der Waals surface area contributed by atoms with Crippen LogP contribution in [0.4, 0.5) is 13.2 Å². The molecule has 0 unspecified atom stereocenters. The first kappa shape index (κ1) is 14.6. The Hall–Kier alpha value is -1.77. The molecule has 2 rings (SSSR count). The van der Waals surface area contributed by atoms with Crippen LogP contribution in [-0.4, -0.2) is 0 Å². The van der Waals surface area contributed by atoms with Gasteiger partial charge in [0.05, 0.1) is 5.56 Å². The van der Waals surface area contributed by atoms with Gasteiger partial charge in [-0.05, 0) is 35.1 Å². The molecule has 0 nitrogen and oxygen atoms in total. The Labute approximate surface area is 117 Å². The zero-order valence-corrected chi connectivity index (χ0v) is 11.5. The van der Waals surface area contributed by atoms with Crippen LogP contribution in [0.15, 0.2) is 48.5 Å². The first-order valence-corrected chi connectivity index (χ1v) is 6.42. The van der Waals surface area contributed by atoms with Gasteiger partial charge in [0.1, 0.15) is 0 Å². The van der Waals surface area contributed by atoms with E-state index < -0.39 is 11.7 Å². The summed E-state index contributed by atoms with van der Waals surface area (Å²) in [6, 6.07) is 16.2. The molecule has 0 aliphatic rings. The summed E-state index contributed by atoms with van der Waals surface area (Å²) in [6.45, 7) is 3.92. The molecule has 2 aromatic rings. The van der Waals surface area contributed by atoms with Gasteiger partial charge in [-0.2, -0.15) is 13.2 Å². The molecule has 0 saturated heterocycles. The van der Waals surface area contributed by atoms with E-state index in [4.69, 9.17) is 0 Å². The summed E-state index contributed by atoms with van der Waals surface area (Å²) in [4.78, 5) is 0. The highest BCUT2D eigenvalue weighted by atomic mass is 19.4. The number of halogens is 3. The van der Waals surface area contributed by atoms with Gasteiger partial charge in [0, 0.05) is 0 Å². The smallest absolute Gasteiger partial charge is 0.166 e. The molecule has 20 heavy (non-hydrogen) atoms. The van der Waals surface area contributed by atoms with Crippen LogP contribution in [0.5, 0.6) is 0 Å². The van der Waals surface area contributed by atoms with E-state index >= 15 is 0 Å². The van der Waals surface area contributed by atoms with Crippen LogP contribution < -0.4 is 0 Å². The van der Waals surface area contributed by atoms with Gasteiger partial charge in [-0.25, -0.2) is 0 Å². The highest BCUT2D eigenvalue weighted by molar-refractivity contribution is 5.34. The number of hydrogen-bond donors (Lipinski definition) is 0. The SMILES string of the molecule is CC(C)(Cc1cc[c]cc1C(F)(F)F)c1ccccc1. The molecule has 3 heteroatoms. The largest absolute Gasteiger partial charge is 0.416 e. The summed E-state index contributed by atoms with van der Waals surface area (Å²) in [5.74, 6) is 0. The fourth-order valence-corrected chi connectivity index (χ4v) is 2.35. The molecule has 0 saturated carbocycles. The number of alkyl halides is 3. The molecule has 105 valence electrons. The molecule has 2 aromatic carbocycles. The minimum Gasteiger partial charge on any atom is -0.166 e.